The average molecular weight is 501 g/mol. The normalized spacial score (nSPS) is 10.9. The fourth-order valence-corrected chi connectivity index (χ4v) is 5.44. The summed E-state index contributed by atoms with van der Waals surface area (Å²) in [6, 6.07) is 23.6. The van der Waals surface area contributed by atoms with Crippen molar-refractivity contribution in [1.29, 1.82) is 0 Å². The van der Waals surface area contributed by atoms with Gasteiger partial charge in [-0.3, -0.25) is 4.79 Å². The molecule has 0 radical (unpaired) electrons. The van der Waals surface area contributed by atoms with E-state index in [4.69, 9.17) is 12.2 Å². The molecule has 6 rings (SSSR count). The van der Waals surface area contributed by atoms with Crippen LogP contribution in [0.3, 0.4) is 0 Å². The zero-order valence-corrected chi connectivity index (χ0v) is 21.0. The van der Waals surface area contributed by atoms with E-state index in [9.17, 15) is 4.79 Å². The fourth-order valence-electron chi connectivity index (χ4n) is 3.71. The highest BCUT2D eigenvalue weighted by molar-refractivity contribution is 7.71. The zero-order valence-electron chi connectivity index (χ0n) is 18.5. The molecule has 168 valence electrons. The van der Waals surface area contributed by atoms with Gasteiger partial charge in [-0.25, -0.2) is 9.97 Å². The topological polar surface area (TPSA) is 52.7 Å². The van der Waals surface area contributed by atoms with Crippen LogP contribution in [0.5, 0.6) is 0 Å². The number of thiophene rings is 2. The molecule has 6 aromatic rings. The first-order chi connectivity index (χ1) is 16.5. The minimum absolute atomic E-state index is 0.0499. The molecule has 34 heavy (non-hydrogen) atoms. The summed E-state index contributed by atoms with van der Waals surface area (Å²) >= 11 is 8.67. The molecule has 5 nitrogen and oxygen atoms in total. The number of rotatable bonds is 2. The number of hydrogen-bond acceptors (Lipinski definition) is 6. The quantitative estimate of drug-likeness (QED) is 0.249. The van der Waals surface area contributed by atoms with Gasteiger partial charge in [0, 0.05) is 14.1 Å². The van der Waals surface area contributed by atoms with Gasteiger partial charge in [0.1, 0.15) is 16.0 Å². The van der Waals surface area contributed by atoms with E-state index in [0.29, 0.717) is 5.69 Å². The Balaban J connectivity index is 0.000000142. The molecule has 0 bridgehead atoms. The van der Waals surface area contributed by atoms with Crippen molar-refractivity contribution in [2.75, 3.05) is 0 Å². The first-order valence-corrected chi connectivity index (χ1v) is 12.7. The van der Waals surface area contributed by atoms with Crippen LogP contribution in [0.1, 0.15) is 0 Å². The van der Waals surface area contributed by atoms with Gasteiger partial charge in [0.05, 0.1) is 31.8 Å². The van der Waals surface area contributed by atoms with Crippen molar-refractivity contribution in [2.45, 2.75) is 0 Å². The molecule has 0 aliphatic heterocycles. The van der Waals surface area contributed by atoms with Crippen LogP contribution in [0, 0.1) is 4.64 Å². The van der Waals surface area contributed by atoms with Crippen molar-refractivity contribution in [2.24, 2.45) is 14.1 Å². The van der Waals surface area contributed by atoms with Crippen LogP contribution in [-0.2, 0) is 14.1 Å². The van der Waals surface area contributed by atoms with E-state index in [-0.39, 0.29) is 5.56 Å². The third-order valence-corrected chi connectivity index (χ3v) is 7.69. The molecule has 0 N–H and O–H groups in total. The van der Waals surface area contributed by atoms with E-state index in [1.54, 1.807) is 23.0 Å². The molecule has 0 saturated carbocycles. The van der Waals surface area contributed by atoms with Crippen LogP contribution in [0.2, 0.25) is 0 Å². The number of aromatic nitrogens is 4. The summed E-state index contributed by atoms with van der Waals surface area (Å²) < 4.78 is 4.45. The zero-order chi connectivity index (χ0) is 23.7. The van der Waals surface area contributed by atoms with Gasteiger partial charge in [-0.1, -0.05) is 48.6 Å². The highest BCUT2D eigenvalue weighted by Gasteiger charge is 2.11. The second-order valence-corrected chi connectivity index (χ2v) is 9.86. The van der Waals surface area contributed by atoms with Crippen LogP contribution in [0.25, 0.3) is 43.2 Å². The van der Waals surface area contributed by atoms with E-state index < -0.39 is 0 Å². The number of hydrogen-bond donors (Lipinski definition) is 0. The smallest absolute Gasteiger partial charge is 0.278 e. The molecule has 0 aliphatic carbocycles. The Hall–Kier alpha value is -3.46. The third-order valence-electron chi connectivity index (χ3n) is 5.47. The number of fused-ring (bicyclic) bond motifs is 2. The lowest BCUT2D eigenvalue weighted by Gasteiger charge is -2.08. The molecule has 8 heteroatoms. The van der Waals surface area contributed by atoms with Gasteiger partial charge in [-0.05, 0) is 47.2 Å². The van der Waals surface area contributed by atoms with Gasteiger partial charge < -0.3 is 9.13 Å². The predicted octanol–water partition coefficient (Wildman–Crippen LogP) is 6.69. The Kier molecular flexibility index (Phi) is 6.19. The summed E-state index contributed by atoms with van der Waals surface area (Å²) in [5.74, 6) is 0. The van der Waals surface area contributed by atoms with Gasteiger partial charge in [0.2, 0.25) is 0 Å². The first kappa shape index (κ1) is 22.3. The molecule has 4 heterocycles. The van der Waals surface area contributed by atoms with E-state index in [0.717, 1.165) is 42.2 Å². The van der Waals surface area contributed by atoms with E-state index in [2.05, 4.69) is 16.0 Å². The molecule has 0 amide bonds. The number of aryl methyl sites for hydroxylation is 2. The van der Waals surface area contributed by atoms with Crippen molar-refractivity contribution >= 4 is 57.0 Å². The van der Waals surface area contributed by atoms with Crippen molar-refractivity contribution in [3.63, 3.8) is 0 Å². The van der Waals surface area contributed by atoms with Crippen LogP contribution >= 0.6 is 34.9 Å². The van der Waals surface area contributed by atoms with Crippen LogP contribution in [0.15, 0.2) is 88.4 Å². The molecule has 4 aromatic heterocycles. The predicted molar refractivity (Wildman–Crippen MR) is 145 cm³/mol. The SMILES string of the molecule is Cn1c(=O)c(-c2cccs2)nc2ccccc21.Cn1c(=S)c(-c2cccs2)nc2ccccc21. The summed E-state index contributed by atoms with van der Waals surface area (Å²) in [5.41, 5.74) is 5.13. The summed E-state index contributed by atoms with van der Waals surface area (Å²) in [4.78, 5) is 23.3. The lowest BCUT2D eigenvalue weighted by atomic mass is 10.2. The fraction of sp³-hybridized carbons (Fsp3) is 0.0769. The Bertz CT molecular complexity index is 1590. The van der Waals surface area contributed by atoms with Gasteiger partial charge in [0.15, 0.2) is 0 Å². The number of para-hydroxylation sites is 4. The van der Waals surface area contributed by atoms with E-state index in [1.807, 2.05) is 89.1 Å². The maximum atomic E-state index is 12.2. The largest absolute Gasteiger partial charge is 0.332 e. The number of nitrogens with zero attached hydrogens (tertiary/aromatic N) is 4. The van der Waals surface area contributed by atoms with E-state index in [1.165, 1.54) is 11.3 Å². The Morgan fingerprint density at radius 2 is 1.18 bits per heavy atom. The van der Waals surface area contributed by atoms with Crippen molar-refractivity contribution in [3.8, 4) is 21.1 Å². The minimum Gasteiger partial charge on any atom is -0.332 e. The Morgan fingerprint density at radius 1 is 0.676 bits per heavy atom. The standard InChI is InChI=1S/C13H10N2OS.C13H10N2S2/c2*1-15-10-6-3-2-5-9(10)14-12(13(15)16)11-7-4-8-17-11/h2*2-8H,1H3. The Labute approximate surface area is 209 Å². The molecule has 0 aliphatic rings. The highest BCUT2D eigenvalue weighted by atomic mass is 32.1. The summed E-state index contributed by atoms with van der Waals surface area (Å²) in [6.45, 7) is 0. The van der Waals surface area contributed by atoms with Crippen LogP contribution in [0.4, 0.5) is 0 Å². The second-order valence-electron chi connectivity index (χ2n) is 7.58. The van der Waals surface area contributed by atoms with Crippen molar-refractivity contribution < 1.29 is 0 Å². The van der Waals surface area contributed by atoms with Crippen LogP contribution in [-0.4, -0.2) is 19.1 Å². The molecule has 0 spiro atoms. The average Bonchev–Trinajstić information content (AvgIpc) is 3.59. The molecular weight excluding hydrogens is 481 g/mol. The van der Waals surface area contributed by atoms with Gasteiger partial charge in [-0.15, -0.1) is 22.7 Å². The van der Waals surface area contributed by atoms with Crippen LogP contribution < -0.4 is 5.56 Å². The van der Waals surface area contributed by atoms with Gasteiger partial charge in [-0.2, -0.15) is 0 Å². The van der Waals surface area contributed by atoms with Gasteiger partial charge >= 0.3 is 0 Å². The molecular formula is C26H20N4OS3. The lowest BCUT2D eigenvalue weighted by molar-refractivity contribution is 0.896. The molecule has 0 unspecified atom stereocenters. The lowest BCUT2D eigenvalue weighted by Crippen LogP contribution is -2.20. The highest BCUT2D eigenvalue weighted by Crippen LogP contribution is 2.26. The first-order valence-electron chi connectivity index (χ1n) is 10.5. The Morgan fingerprint density at radius 3 is 1.74 bits per heavy atom. The van der Waals surface area contributed by atoms with E-state index >= 15 is 0 Å². The monoisotopic (exact) mass is 500 g/mol. The summed E-state index contributed by atoms with van der Waals surface area (Å²) in [5, 5.41) is 3.99. The maximum absolute atomic E-state index is 12.2. The second kappa shape index (κ2) is 9.42. The summed E-state index contributed by atoms with van der Waals surface area (Å²) in [6.07, 6.45) is 0. The summed E-state index contributed by atoms with van der Waals surface area (Å²) in [7, 11) is 3.77. The van der Waals surface area contributed by atoms with Crippen molar-refractivity contribution in [1.82, 2.24) is 19.1 Å². The molecule has 2 aromatic carbocycles. The van der Waals surface area contributed by atoms with Gasteiger partial charge in [0.25, 0.3) is 5.56 Å². The molecule has 0 fully saturated rings. The van der Waals surface area contributed by atoms with Crippen molar-refractivity contribution in [3.05, 3.63) is 98.6 Å². The maximum Gasteiger partial charge on any atom is 0.278 e. The number of benzene rings is 2. The minimum atomic E-state index is -0.0499. The molecule has 0 saturated heterocycles. The molecule has 0 atom stereocenters. The third kappa shape index (κ3) is 4.11.